The van der Waals surface area contributed by atoms with E-state index in [2.05, 4.69) is 34.1 Å². The largest absolute Gasteiger partial charge is 0.231 e. The summed E-state index contributed by atoms with van der Waals surface area (Å²) in [5.74, 6) is 0. The average Bonchev–Trinajstić information content (AvgIpc) is 2.57. The average molecular weight is 198 g/mol. The maximum absolute atomic E-state index is 8.35. The van der Waals surface area contributed by atoms with Crippen molar-refractivity contribution >= 4 is 22.0 Å². The van der Waals surface area contributed by atoms with E-state index in [9.17, 15) is 0 Å². The predicted octanol–water partition coefficient (Wildman–Crippen LogP) is 2.33. The van der Waals surface area contributed by atoms with Crippen LogP contribution in [0.2, 0.25) is 0 Å². The van der Waals surface area contributed by atoms with Gasteiger partial charge in [0.25, 0.3) is 0 Å². The van der Waals surface area contributed by atoms with Gasteiger partial charge in [-0.2, -0.15) is 0 Å². The van der Waals surface area contributed by atoms with Crippen LogP contribution in [0.15, 0.2) is 22.7 Å². The van der Waals surface area contributed by atoms with Crippen LogP contribution < -0.4 is 0 Å². The number of nitrogens with one attached hydrogen (secondary N) is 1. The lowest BCUT2D eigenvalue weighted by atomic mass is 10.6. The van der Waals surface area contributed by atoms with Crippen LogP contribution in [0.5, 0.6) is 0 Å². The molecule has 0 bridgehead atoms. The number of hydrogen-bond donors (Lipinski definition) is 1. The Morgan fingerprint density at radius 3 is 2.20 bits per heavy atom. The highest BCUT2D eigenvalue weighted by molar-refractivity contribution is 9.10. The maximum atomic E-state index is 8.35. The van der Waals surface area contributed by atoms with E-state index in [4.69, 9.17) is 10.2 Å². The van der Waals surface area contributed by atoms with Crippen LogP contribution in [-0.2, 0) is 4.79 Å². The van der Waals surface area contributed by atoms with Crippen molar-refractivity contribution in [2.75, 3.05) is 0 Å². The monoisotopic (exact) mass is 197 g/mol. The van der Waals surface area contributed by atoms with Crippen LogP contribution in [0.4, 0.5) is 0 Å². The van der Waals surface area contributed by atoms with Crippen molar-refractivity contribution in [3.8, 4) is 11.1 Å². The number of carbonyl (C=O) groups excluding carboxylic acids is 1. The van der Waals surface area contributed by atoms with E-state index in [1.165, 1.54) is 15.6 Å². The molecule has 0 heterocycles. The highest BCUT2D eigenvalue weighted by Gasteiger charge is 2.13. The summed E-state index contributed by atoms with van der Waals surface area (Å²) in [7, 11) is 0. The standard InChI is InChI=1S/C6H3Br.CHNO/c7-6-2-1-4-3-5(4)6;2-1-3/h1-3H;2H. The summed E-state index contributed by atoms with van der Waals surface area (Å²) in [5, 5.41) is 5.40. The van der Waals surface area contributed by atoms with Gasteiger partial charge in [0.1, 0.15) is 0 Å². The number of hydrogen-bond acceptors (Lipinski definition) is 2. The summed E-state index contributed by atoms with van der Waals surface area (Å²) < 4.78 is 1.24. The van der Waals surface area contributed by atoms with Gasteiger partial charge < -0.3 is 0 Å². The van der Waals surface area contributed by atoms with E-state index < -0.39 is 0 Å². The second-order valence-electron chi connectivity index (χ2n) is 1.80. The Balaban J connectivity index is 0.000000148. The second-order valence-corrected chi connectivity index (χ2v) is 2.65. The summed E-state index contributed by atoms with van der Waals surface area (Å²) in [5.41, 5.74) is 2.78. The van der Waals surface area contributed by atoms with Crippen molar-refractivity contribution in [1.82, 2.24) is 0 Å². The van der Waals surface area contributed by atoms with Gasteiger partial charge in [0.15, 0.2) is 0 Å². The van der Waals surface area contributed by atoms with Crippen LogP contribution in [0.1, 0.15) is 0 Å². The van der Waals surface area contributed by atoms with Crippen molar-refractivity contribution in [1.29, 1.82) is 5.41 Å². The molecule has 0 aromatic carbocycles. The molecule has 0 amide bonds. The van der Waals surface area contributed by atoms with Crippen LogP contribution in [0.3, 0.4) is 0 Å². The zero-order valence-electron chi connectivity index (χ0n) is 5.02. The first kappa shape index (κ1) is 7.19. The SMILES string of the molecule is Brc1ccc2cc1-2.N=C=O. The molecule has 50 valence electrons. The fourth-order valence-electron chi connectivity index (χ4n) is 0.717. The first-order valence-corrected chi connectivity index (χ1v) is 3.42. The molecule has 2 aliphatic rings. The molecule has 0 aromatic rings. The second kappa shape index (κ2) is 2.78. The van der Waals surface area contributed by atoms with E-state index in [-0.39, 0.29) is 0 Å². The van der Waals surface area contributed by atoms with Gasteiger partial charge in [0.2, 0.25) is 6.08 Å². The maximum Gasteiger partial charge on any atom is 0.231 e. The third kappa shape index (κ3) is 1.32. The van der Waals surface area contributed by atoms with E-state index in [1.54, 1.807) is 0 Å². The molecule has 0 saturated heterocycles. The van der Waals surface area contributed by atoms with E-state index in [1.807, 2.05) is 0 Å². The van der Waals surface area contributed by atoms with Gasteiger partial charge in [-0.25, -0.2) is 10.2 Å². The van der Waals surface area contributed by atoms with Gasteiger partial charge in [0, 0.05) is 4.47 Å². The van der Waals surface area contributed by atoms with Gasteiger partial charge in [-0.15, -0.1) is 0 Å². The van der Waals surface area contributed by atoms with Crippen LogP contribution in [-0.4, -0.2) is 6.08 Å². The molecule has 0 atom stereocenters. The summed E-state index contributed by atoms with van der Waals surface area (Å²) in [6.07, 6.45) is 0.750. The Morgan fingerprint density at radius 1 is 1.50 bits per heavy atom. The minimum Gasteiger partial charge on any atom is -0.222 e. The molecular weight excluding hydrogens is 194 g/mol. The number of rotatable bonds is 0. The first-order valence-electron chi connectivity index (χ1n) is 2.63. The molecule has 0 saturated carbocycles. The van der Waals surface area contributed by atoms with Crippen LogP contribution in [0.25, 0.3) is 11.1 Å². The molecule has 0 unspecified atom stereocenters. The quantitative estimate of drug-likeness (QED) is 0.512. The van der Waals surface area contributed by atoms with Gasteiger partial charge in [-0.3, -0.25) is 0 Å². The predicted molar refractivity (Wildman–Crippen MR) is 41.5 cm³/mol. The van der Waals surface area contributed by atoms with Crippen molar-refractivity contribution in [2.24, 2.45) is 0 Å². The molecule has 2 rings (SSSR count). The lowest BCUT2D eigenvalue weighted by Crippen LogP contribution is -1.39. The fourth-order valence-corrected chi connectivity index (χ4v) is 1.19. The van der Waals surface area contributed by atoms with Gasteiger partial charge >= 0.3 is 0 Å². The molecule has 0 aromatic heterocycles. The Labute approximate surface area is 66.5 Å². The minimum absolute atomic E-state index is 0.750. The van der Waals surface area contributed by atoms with Gasteiger partial charge in [-0.05, 0) is 23.3 Å². The molecule has 0 aliphatic heterocycles. The molecule has 0 fully saturated rings. The summed E-state index contributed by atoms with van der Waals surface area (Å²) in [6.45, 7) is 0. The lowest BCUT2D eigenvalue weighted by Gasteiger charge is -1.68. The Kier molecular flexibility index (Phi) is 2.00. The van der Waals surface area contributed by atoms with Crippen molar-refractivity contribution in [3.05, 3.63) is 22.7 Å². The van der Waals surface area contributed by atoms with Crippen LogP contribution in [0, 0.1) is 5.41 Å². The van der Waals surface area contributed by atoms with Crippen molar-refractivity contribution < 1.29 is 4.79 Å². The molecule has 1 N–H and O–H groups in total. The highest BCUT2D eigenvalue weighted by Crippen LogP contribution is 2.41. The molecule has 2 nitrogen and oxygen atoms in total. The third-order valence-electron chi connectivity index (χ3n) is 1.19. The van der Waals surface area contributed by atoms with Gasteiger partial charge in [-0.1, -0.05) is 22.0 Å². The van der Waals surface area contributed by atoms with Gasteiger partial charge in [0.05, 0.1) is 0 Å². The fraction of sp³-hybridized carbons (Fsp3) is 0. The summed E-state index contributed by atoms with van der Waals surface area (Å²) >= 11 is 3.39. The Hall–Kier alpha value is -0.920. The Morgan fingerprint density at radius 2 is 2.10 bits per heavy atom. The number of isocyanates is 1. The summed E-state index contributed by atoms with van der Waals surface area (Å²) in [6, 6.07) is 6.34. The highest BCUT2D eigenvalue weighted by atomic mass is 79.9. The molecular formula is C7H4BrNO. The molecule has 2 aliphatic carbocycles. The molecule has 0 radical (unpaired) electrons. The summed E-state index contributed by atoms with van der Waals surface area (Å²) in [4.78, 5) is 8.35. The van der Waals surface area contributed by atoms with E-state index in [0.29, 0.717) is 0 Å². The van der Waals surface area contributed by atoms with E-state index in [0.717, 1.165) is 6.08 Å². The normalized spacial score (nSPS) is 8.90. The first-order chi connectivity index (χ1) is 4.79. The van der Waals surface area contributed by atoms with Crippen molar-refractivity contribution in [3.63, 3.8) is 0 Å². The van der Waals surface area contributed by atoms with E-state index >= 15 is 0 Å². The smallest absolute Gasteiger partial charge is 0.222 e. The number of fused-ring (bicyclic) bond motifs is 1. The number of benzene rings is 1. The Bertz CT molecular complexity index is 290. The molecule has 10 heavy (non-hydrogen) atoms. The topological polar surface area (TPSA) is 40.9 Å². The molecule has 0 spiro atoms. The minimum atomic E-state index is 0.750. The van der Waals surface area contributed by atoms with Crippen LogP contribution >= 0.6 is 15.9 Å². The third-order valence-corrected chi connectivity index (χ3v) is 1.89. The van der Waals surface area contributed by atoms with Crippen molar-refractivity contribution in [2.45, 2.75) is 0 Å². The lowest BCUT2D eigenvalue weighted by molar-refractivity contribution is 0.563. The zero-order chi connectivity index (χ0) is 7.56. The zero-order valence-corrected chi connectivity index (χ0v) is 6.60. The molecule has 3 heteroatoms. The number of halogens is 1.